The molecule has 33 heavy (non-hydrogen) atoms. The molecule has 0 radical (unpaired) electrons. The molecule has 1 aliphatic carbocycles. The predicted octanol–water partition coefficient (Wildman–Crippen LogP) is 8.08. The SMILES string of the molecule is Cc1ccc(/C=C/c2ccc3c(c2)C(S(=O)(=O)c2ccccc2)=CCC3(C)C)cc1.ClCCl. The second kappa shape index (κ2) is 10.7. The van der Waals surface area contributed by atoms with Gasteiger partial charge in [-0.2, -0.15) is 0 Å². The summed E-state index contributed by atoms with van der Waals surface area (Å²) in [6.07, 6.45) is 6.68. The average Bonchev–Trinajstić information content (AvgIpc) is 2.79. The maximum Gasteiger partial charge on any atom is 0.206 e. The van der Waals surface area contributed by atoms with E-state index in [0.29, 0.717) is 16.2 Å². The summed E-state index contributed by atoms with van der Waals surface area (Å²) in [5.74, 6) is 0. The van der Waals surface area contributed by atoms with Crippen molar-refractivity contribution in [3.05, 3.63) is 107 Å². The molecule has 172 valence electrons. The highest BCUT2D eigenvalue weighted by molar-refractivity contribution is 8.00. The first-order chi connectivity index (χ1) is 15.7. The first kappa shape index (κ1) is 25.3. The molecule has 0 saturated heterocycles. The predicted molar refractivity (Wildman–Crippen MR) is 142 cm³/mol. The summed E-state index contributed by atoms with van der Waals surface area (Å²) in [5, 5.41) is 0.194. The molecular formula is C28H28Cl2O2S. The van der Waals surface area contributed by atoms with Gasteiger partial charge in [0.25, 0.3) is 0 Å². The van der Waals surface area contributed by atoms with Gasteiger partial charge in [0.05, 0.1) is 15.1 Å². The molecule has 0 spiro atoms. The van der Waals surface area contributed by atoms with Crippen molar-refractivity contribution >= 4 is 50.1 Å². The van der Waals surface area contributed by atoms with Crippen molar-refractivity contribution in [1.82, 2.24) is 0 Å². The topological polar surface area (TPSA) is 34.1 Å². The maximum absolute atomic E-state index is 13.4. The van der Waals surface area contributed by atoms with E-state index in [1.807, 2.05) is 24.3 Å². The Balaban J connectivity index is 0.000000968. The molecule has 0 fully saturated rings. The standard InChI is InChI=1S/C27H26O2S.CH2Cl2/c1-20-9-11-21(12-10-20)13-14-22-15-16-25-24(19-22)26(17-18-27(25,2)3)30(28,29)23-7-5-4-6-8-23;2-1-3/h4-17,19H,18H2,1-3H3;1H2/b14-13+;. The van der Waals surface area contributed by atoms with E-state index in [4.69, 9.17) is 23.2 Å². The third-order valence-electron chi connectivity index (χ3n) is 5.72. The number of halogens is 2. The van der Waals surface area contributed by atoms with Crippen LogP contribution in [0.15, 0.2) is 83.8 Å². The Bertz CT molecular complexity index is 1260. The van der Waals surface area contributed by atoms with Crippen LogP contribution in [0.2, 0.25) is 0 Å². The molecule has 0 saturated carbocycles. The van der Waals surface area contributed by atoms with Crippen molar-refractivity contribution < 1.29 is 8.42 Å². The number of fused-ring (bicyclic) bond motifs is 1. The lowest BCUT2D eigenvalue weighted by Crippen LogP contribution is -2.23. The molecule has 0 atom stereocenters. The first-order valence-electron chi connectivity index (χ1n) is 10.7. The molecule has 3 aromatic carbocycles. The third kappa shape index (κ3) is 5.97. The van der Waals surface area contributed by atoms with Gasteiger partial charge in [0.1, 0.15) is 0 Å². The Morgan fingerprint density at radius 2 is 1.45 bits per heavy atom. The molecule has 0 aromatic heterocycles. The molecule has 0 bridgehead atoms. The Kier molecular flexibility index (Phi) is 8.23. The molecule has 5 heteroatoms. The zero-order valence-corrected chi connectivity index (χ0v) is 21.4. The first-order valence-corrected chi connectivity index (χ1v) is 13.3. The van der Waals surface area contributed by atoms with Crippen LogP contribution in [-0.2, 0) is 15.3 Å². The van der Waals surface area contributed by atoms with Crippen LogP contribution in [0.1, 0.15) is 48.1 Å². The van der Waals surface area contributed by atoms with Crippen molar-refractivity contribution in [2.75, 3.05) is 5.34 Å². The minimum atomic E-state index is -3.58. The Morgan fingerprint density at radius 1 is 0.879 bits per heavy atom. The van der Waals surface area contributed by atoms with E-state index in [0.717, 1.165) is 22.3 Å². The smallest absolute Gasteiger partial charge is 0.206 e. The van der Waals surface area contributed by atoms with Gasteiger partial charge in [0.15, 0.2) is 0 Å². The summed E-state index contributed by atoms with van der Waals surface area (Å²) in [6.45, 7) is 6.39. The molecule has 0 amide bonds. The van der Waals surface area contributed by atoms with Crippen LogP contribution in [0.25, 0.3) is 17.1 Å². The van der Waals surface area contributed by atoms with E-state index in [-0.39, 0.29) is 10.8 Å². The highest BCUT2D eigenvalue weighted by Crippen LogP contribution is 2.43. The summed E-state index contributed by atoms with van der Waals surface area (Å²) in [5.41, 5.74) is 5.11. The van der Waals surface area contributed by atoms with E-state index in [1.165, 1.54) is 5.56 Å². The van der Waals surface area contributed by atoms with Gasteiger partial charge >= 0.3 is 0 Å². The molecule has 0 aliphatic heterocycles. The number of aryl methyl sites for hydroxylation is 1. The fraction of sp³-hybridized carbons (Fsp3) is 0.214. The van der Waals surface area contributed by atoms with Crippen LogP contribution < -0.4 is 0 Å². The minimum absolute atomic E-state index is 0.107. The van der Waals surface area contributed by atoms with Crippen molar-refractivity contribution in [1.29, 1.82) is 0 Å². The van der Waals surface area contributed by atoms with E-state index in [9.17, 15) is 8.42 Å². The van der Waals surface area contributed by atoms with Crippen molar-refractivity contribution in [2.24, 2.45) is 0 Å². The van der Waals surface area contributed by atoms with Gasteiger partial charge in [0.2, 0.25) is 9.84 Å². The molecule has 0 heterocycles. The second-order valence-corrected chi connectivity index (χ2v) is 11.3. The Hall–Kier alpha value is -2.33. The van der Waals surface area contributed by atoms with Gasteiger partial charge in [-0.3, -0.25) is 0 Å². The maximum atomic E-state index is 13.4. The van der Waals surface area contributed by atoms with Crippen LogP contribution in [-0.4, -0.2) is 13.8 Å². The van der Waals surface area contributed by atoms with Gasteiger partial charge in [-0.25, -0.2) is 8.42 Å². The molecular weight excluding hydrogens is 471 g/mol. The number of benzene rings is 3. The zero-order valence-electron chi connectivity index (χ0n) is 19.1. The number of rotatable bonds is 4. The van der Waals surface area contributed by atoms with Gasteiger partial charge in [-0.15, -0.1) is 23.2 Å². The average molecular weight is 500 g/mol. The highest BCUT2D eigenvalue weighted by atomic mass is 35.5. The summed E-state index contributed by atoms with van der Waals surface area (Å²) < 4.78 is 26.8. The zero-order chi connectivity index (χ0) is 24.1. The molecule has 0 N–H and O–H groups in total. The number of allylic oxidation sites excluding steroid dienone is 1. The van der Waals surface area contributed by atoms with E-state index < -0.39 is 9.84 Å². The quantitative estimate of drug-likeness (QED) is 0.269. The van der Waals surface area contributed by atoms with Crippen LogP contribution >= 0.6 is 23.2 Å². The molecule has 4 rings (SSSR count). The largest absolute Gasteiger partial charge is 0.219 e. The second-order valence-electron chi connectivity index (χ2n) is 8.62. The van der Waals surface area contributed by atoms with Crippen LogP contribution in [0.4, 0.5) is 0 Å². The van der Waals surface area contributed by atoms with Crippen molar-refractivity contribution in [2.45, 2.75) is 37.5 Å². The minimum Gasteiger partial charge on any atom is -0.219 e. The van der Waals surface area contributed by atoms with E-state index >= 15 is 0 Å². The number of alkyl halides is 2. The highest BCUT2D eigenvalue weighted by Gasteiger charge is 2.33. The fourth-order valence-electron chi connectivity index (χ4n) is 3.88. The Labute approximate surface area is 207 Å². The lowest BCUT2D eigenvalue weighted by atomic mass is 9.75. The van der Waals surface area contributed by atoms with Gasteiger partial charge in [0, 0.05) is 0 Å². The van der Waals surface area contributed by atoms with Crippen molar-refractivity contribution in [3.8, 4) is 0 Å². The van der Waals surface area contributed by atoms with Gasteiger partial charge in [-0.05, 0) is 59.2 Å². The monoisotopic (exact) mass is 498 g/mol. The lowest BCUT2D eigenvalue weighted by Gasteiger charge is -2.32. The van der Waals surface area contributed by atoms with Crippen LogP contribution in [0.5, 0.6) is 0 Å². The normalized spacial score (nSPS) is 14.8. The van der Waals surface area contributed by atoms with Gasteiger partial charge < -0.3 is 0 Å². The van der Waals surface area contributed by atoms with Crippen molar-refractivity contribution in [3.63, 3.8) is 0 Å². The van der Waals surface area contributed by atoms with Crippen LogP contribution in [0, 0.1) is 6.92 Å². The molecule has 3 aromatic rings. The third-order valence-corrected chi connectivity index (χ3v) is 7.58. The van der Waals surface area contributed by atoms with E-state index in [1.54, 1.807) is 24.3 Å². The summed E-state index contributed by atoms with van der Waals surface area (Å²) in [4.78, 5) is 0.746. The summed E-state index contributed by atoms with van der Waals surface area (Å²) in [6, 6.07) is 23.2. The number of hydrogen-bond donors (Lipinski definition) is 0. The molecule has 1 aliphatic rings. The fourth-order valence-corrected chi connectivity index (χ4v) is 5.41. The lowest BCUT2D eigenvalue weighted by molar-refractivity contribution is 0.527. The summed E-state index contributed by atoms with van der Waals surface area (Å²) >= 11 is 9.53. The number of hydrogen-bond acceptors (Lipinski definition) is 2. The summed E-state index contributed by atoms with van der Waals surface area (Å²) in [7, 11) is -3.58. The molecule has 0 unspecified atom stereocenters. The van der Waals surface area contributed by atoms with Gasteiger partial charge in [-0.1, -0.05) is 92.2 Å². The van der Waals surface area contributed by atoms with Crippen LogP contribution in [0.3, 0.4) is 0 Å². The molecule has 2 nitrogen and oxygen atoms in total. The number of sulfone groups is 1. The van der Waals surface area contributed by atoms with E-state index in [2.05, 4.69) is 63.2 Å². The Morgan fingerprint density at radius 3 is 2.09 bits per heavy atom.